The van der Waals surface area contributed by atoms with Gasteiger partial charge in [0.15, 0.2) is 24.1 Å². The SMILES string of the molecule is C[C@]12CC[C@@H]3c4c(-n5c[n+]([C@H]6C[C@H](O)[C@@H](CO)O6)c6nc(N)[nH]c(=O)c65)cc(O)c(O)c4CC[C@H]3[C@@H]1CC[C@@H]2O. The van der Waals surface area contributed by atoms with E-state index in [0.29, 0.717) is 29.5 Å². The predicted molar refractivity (Wildman–Crippen MR) is 142 cm³/mol. The fourth-order valence-corrected chi connectivity index (χ4v) is 8.46. The second kappa shape index (κ2) is 8.90. The molecule has 1 saturated heterocycles. The van der Waals surface area contributed by atoms with Crippen molar-refractivity contribution >= 4 is 17.1 Å². The monoisotopic (exact) mass is 554 g/mol. The average molecular weight is 555 g/mol. The number of anilines is 1. The van der Waals surface area contributed by atoms with E-state index in [0.717, 1.165) is 37.7 Å². The van der Waals surface area contributed by atoms with Crippen LogP contribution in [0.4, 0.5) is 5.95 Å². The zero-order chi connectivity index (χ0) is 28.1. The molecule has 2 aromatic heterocycles. The second-order valence-corrected chi connectivity index (χ2v) is 12.3. The van der Waals surface area contributed by atoms with Gasteiger partial charge in [-0.2, -0.15) is 0 Å². The molecule has 0 unspecified atom stereocenters. The summed E-state index contributed by atoms with van der Waals surface area (Å²) in [5.41, 5.74) is 7.88. The van der Waals surface area contributed by atoms with Gasteiger partial charge in [-0.1, -0.05) is 11.9 Å². The molecule has 2 saturated carbocycles. The van der Waals surface area contributed by atoms with Crippen molar-refractivity contribution in [3.05, 3.63) is 33.9 Å². The van der Waals surface area contributed by atoms with Gasteiger partial charge in [0.25, 0.3) is 11.5 Å². The quantitative estimate of drug-likeness (QED) is 0.182. The molecule has 3 fully saturated rings. The molecule has 3 aromatic rings. The number of phenolic OH excluding ortho intramolecular Hbond substituents is 2. The molecule has 12 nitrogen and oxygen atoms in total. The Morgan fingerprint density at radius 3 is 2.80 bits per heavy atom. The van der Waals surface area contributed by atoms with Crippen LogP contribution in [0, 0.1) is 17.3 Å². The van der Waals surface area contributed by atoms with Gasteiger partial charge in [0.05, 0.1) is 18.8 Å². The Hall–Kier alpha value is -3.19. The van der Waals surface area contributed by atoms with Gasteiger partial charge in [-0.15, -0.1) is 0 Å². The van der Waals surface area contributed by atoms with E-state index < -0.39 is 24.0 Å². The van der Waals surface area contributed by atoms with Gasteiger partial charge in [0.2, 0.25) is 5.52 Å². The molecule has 0 radical (unpaired) electrons. The van der Waals surface area contributed by atoms with E-state index in [1.54, 1.807) is 15.5 Å². The minimum atomic E-state index is -0.898. The molecule has 12 heteroatoms. The summed E-state index contributed by atoms with van der Waals surface area (Å²) in [6.07, 6.45) is 3.96. The van der Waals surface area contributed by atoms with Crippen LogP contribution < -0.4 is 15.9 Å². The summed E-state index contributed by atoms with van der Waals surface area (Å²) in [5.74, 6) is 0.228. The first-order valence-electron chi connectivity index (χ1n) is 14.1. The second-order valence-electron chi connectivity index (χ2n) is 12.3. The summed E-state index contributed by atoms with van der Waals surface area (Å²) in [6.45, 7) is 1.84. The van der Waals surface area contributed by atoms with Crippen molar-refractivity contribution in [1.29, 1.82) is 0 Å². The Morgan fingerprint density at radius 2 is 2.05 bits per heavy atom. The number of aliphatic hydroxyl groups excluding tert-OH is 3. The molecule has 1 aromatic carbocycles. The molecule has 8 atom stereocenters. The van der Waals surface area contributed by atoms with E-state index in [-0.39, 0.29) is 59.1 Å². The molecule has 7 rings (SSSR count). The Kier molecular flexibility index (Phi) is 5.73. The first kappa shape index (κ1) is 25.8. The number of nitrogens with two attached hydrogens (primary N) is 1. The number of fused-ring (bicyclic) bond motifs is 6. The molecular formula is C28H36N5O7+. The number of hydrogen-bond donors (Lipinski definition) is 7. The molecule has 40 heavy (non-hydrogen) atoms. The van der Waals surface area contributed by atoms with E-state index >= 15 is 0 Å². The Bertz CT molecular complexity index is 1570. The van der Waals surface area contributed by atoms with Crippen molar-refractivity contribution in [2.75, 3.05) is 12.3 Å². The third kappa shape index (κ3) is 3.49. The number of nitrogen functional groups attached to an aromatic ring is 1. The molecule has 4 aliphatic rings. The first-order valence-corrected chi connectivity index (χ1v) is 14.1. The maximum absolute atomic E-state index is 13.4. The van der Waals surface area contributed by atoms with Crippen molar-refractivity contribution in [2.24, 2.45) is 17.3 Å². The highest BCUT2D eigenvalue weighted by Gasteiger charge is 2.55. The van der Waals surface area contributed by atoms with E-state index in [2.05, 4.69) is 16.9 Å². The van der Waals surface area contributed by atoms with Crippen LogP contribution in [0.15, 0.2) is 17.2 Å². The number of H-pyrrole nitrogens is 1. The van der Waals surface area contributed by atoms with Crippen molar-refractivity contribution in [3.8, 4) is 17.2 Å². The number of aromatic nitrogens is 4. The normalized spacial score (nSPS) is 35.0. The lowest BCUT2D eigenvalue weighted by Crippen LogP contribution is -2.44. The molecule has 214 valence electrons. The lowest BCUT2D eigenvalue weighted by molar-refractivity contribution is -0.739. The highest BCUT2D eigenvalue weighted by Crippen LogP contribution is 2.62. The lowest BCUT2D eigenvalue weighted by atomic mass is 9.55. The number of nitrogens with zero attached hydrogens (tertiary/aromatic N) is 3. The number of imidazole rings is 1. The number of aromatic amines is 1. The largest absolute Gasteiger partial charge is 0.504 e. The van der Waals surface area contributed by atoms with Crippen molar-refractivity contribution < 1.29 is 34.8 Å². The molecule has 3 aliphatic carbocycles. The standard InChI is InChI=1S/C28H35N5O7/c1-28-7-6-13-12(15(28)4-5-20(28)37)2-3-14-22(13)16(8-18(36)24(14)38)32-11-33(21-9-17(35)19(10-34)40-21)25-23(32)26(39)31-27(29)30-25/h8,11-13,15,17,19-21,34-35,37H,2-7,9-10H2,1H3,(H4-,29,30,31,36,38,39)/p+1/t12-,13+,15+,17+,19-,20+,21-,28+/m1/s1. The number of nitrogens with one attached hydrogen (secondary N) is 1. The first-order chi connectivity index (χ1) is 19.1. The number of aromatic hydroxyl groups is 2. The Morgan fingerprint density at radius 1 is 1.25 bits per heavy atom. The molecular weight excluding hydrogens is 518 g/mol. The number of phenols is 2. The van der Waals surface area contributed by atoms with Crippen LogP contribution in [0.2, 0.25) is 0 Å². The Labute approximate surface area is 229 Å². The number of aliphatic hydroxyl groups is 3. The minimum absolute atomic E-state index is 0.0728. The summed E-state index contributed by atoms with van der Waals surface area (Å²) in [4.78, 5) is 20.3. The summed E-state index contributed by atoms with van der Waals surface area (Å²) in [6, 6.07) is 1.49. The molecule has 0 bridgehead atoms. The molecule has 8 N–H and O–H groups in total. The lowest BCUT2D eigenvalue weighted by Gasteiger charge is -2.50. The van der Waals surface area contributed by atoms with Crippen LogP contribution >= 0.6 is 0 Å². The van der Waals surface area contributed by atoms with E-state index in [4.69, 9.17) is 10.5 Å². The van der Waals surface area contributed by atoms with Gasteiger partial charge in [0, 0.05) is 23.6 Å². The highest BCUT2D eigenvalue weighted by atomic mass is 16.5. The van der Waals surface area contributed by atoms with Crippen LogP contribution in [-0.2, 0) is 11.2 Å². The van der Waals surface area contributed by atoms with Crippen molar-refractivity contribution in [1.82, 2.24) is 14.5 Å². The third-order valence-corrected chi connectivity index (χ3v) is 10.5. The number of rotatable bonds is 3. The molecule has 1 aliphatic heterocycles. The van der Waals surface area contributed by atoms with E-state index in [9.17, 15) is 30.3 Å². The topological polar surface area (TPSA) is 191 Å². The van der Waals surface area contributed by atoms with Crippen molar-refractivity contribution in [3.63, 3.8) is 0 Å². The summed E-state index contributed by atoms with van der Waals surface area (Å²) >= 11 is 0. The summed E-state index contributed by atoms with van der Waals surface area (Å²) in [5, 5.41) is 52.7. The van der Waals surface area contributed by atoms with Gasteiger partial charge < -0.3 is 36.0 Å². The maximum atomic E-state index is 13.4. The van der Waals surface area contributed by atoms with Gasteiger partial charge in [-0.25, -0.2) is 9.13 Å². The third-order valence-electron chi connectivity index (χ3n) is 10.5. The molecule has 3 heterocycles. The zero-order valence-corrected chi connectivity index (χ0v) is 22.3. The van der Waals surface area contributed by atoms with E-state index in [1.807, 2.05) is 0 Å². The summed E-state index contributed by atoms with van der Waals surface area (Å²) in [7, 11) is 0. The van der Waals surface area contributed by atoms with E-state index in [1.165, 1.54) is 6.07 Å². The zero-order valence-electron chi connectivity index (χ0n) is 22.3. The van der Waals surface area contributed by atoms with Crippen LogP contribution in [0.3, 0.4) is 0 Å². The highest BCUT2D eigenvalue weighted by molar-refractivity contribution is 5.73. The van der Waals surface area contributed by atoms with Gasteiger partial charge in [0.1, 0.15) is 11.8 Å². The van der Waals surface area contributed by atoms with Crippen LogP contribution in [-0.4, -0.2) is 65.0 Å². The van der Waals surface area contributed by atoms with Crippen molar-refractivity contribution in [2.45, 2.75) is 82.3 Å². The average Bonchev–Trinajstić information content (AvgIpc) is 3.58. The van der Waals surface area contributed by atoms with Crippen LogP contribution in [0.1, 0.15) is 68.7 Å². The number of ether oxygens (including phenoxy) is 1. The smallest absolute Gasteiger partial charge is 0.314 e. The fourth-order valence-electron chi connectivity index (χ4n) is 8.46. The molecule has 0 amide bonds. The maximum Gasteiger partial charge on any atom is 0.314 e. The van der Waals surface area contributed by atoms with Crippen LogP contribution in [0.25, 0.3) is 16.9 Å². The Balaban J connectivity index is 1.43. The van der Waals surface area contributed by atoms with Gasteiger partial charge in [-0.05, 0) is 61.7 Å². The minimum Gasteiger partial charge on any atom is -0.504 e. The predicted octanol–water partition coefficient (Wildman–Crippen LogP) is 0.852. The number of hydrogen-bond acceptors (Lipinski definition) is 9. The fraction of sp³-hybridized carbons (Fsp3) is 0.607. The van der Waals surface area contributed by atoms with Gasteiger partial charge in [-0.3, -0.25) is 9.78 Å². The number of benzene rings is 1. The van der Waals surface area contributed by atoms with Crippen LogP contribution in [0.5, 0.6) is 11.5 Å². The summed E-state index contributed by atoms with van der Waals surface area (Å²) < 4.78 is 9.19. The molecule has 0 spiro atoms. The van der Waals surface area contributed by atoms with Gasteiger partial charge >= 0.3 is 5.65 Å².